The normalized spacial score (nSPS) is 35.3. The smallest absolute Gasteiger partial charge is 0.326 e. The Labute approximate surface area is 210 Å². The van der Waals surface area contributed by atoms with E-state index in [4.69, 9.17) is 11.2 Å². The Morgan fingerprint density at radius 1 is 1.03 bits per heavy atom. The van der Waals surface area contributed by atoms with E-state index in [0.717, 1.165) is 55.1 Å². The van der Waals surface area contributed by atoms with E-state index in [0.29, 0.717) is 11.3 Å². The van der Waals surface area contributed by atoms with Gasteiger partial charge in [0, 0.05) is 6.42 Å². The number of carbonyl (C=O) groups excluding carboxylic acids is 1. The lowest BCUT2D eigenvalue weighted by molar-refractivity contribution is -0.143. The quantitative estimate of drug-likeness (QED) is 0.173. The molecule has 0 saturated heterocycles. The van der Waals surface area contributed by atoms with Crippen LogP contribution in [0.4, 0.5) is 0 Å². The van der Waals surface area contributed by atoms with Gasteiger partial charge in [0.15, 0.2) is 0 Å². The maximum atomic E-state index is 12.8. The third kappa shape index (κ3) is 5.94. The monoisotopic (exact) mass is 466 g/mol. The molecule has 0 spiro atoms. The van der Waals surface area contributed by atoms with Crippen LogP contribution in [0.15, 0.2) is 11.8 Å². The van der Waals surface area contributed by atoms with Crippen LogP contribution in [-0.2, 0) is 9.53 Å². The first-order valence-electron chi connectivity index (χ1n) is 14.9. The Morgan fingerprint density at radius 2 is 1.79 bits per heavy atom. The second kappa shape index (κ2) is 12.1. The highest BCUT2D eigenvalue weighted by Gasteiger charge is 2.53. The van der Waals surface area contributed by atoms with Gasteiger partial charge >= 0.3 is 5.97 Å². The van der Waals surface area contributed by atoms with Gasteiger partial charge in [-0.25, -0.2) is 0 Å². The van der Waals surface area contributed by atoms with Crippen molar-refractivity contribution in [2.75, 3.05) is 0 Å². The minimum Gasteiger partial charge on any atom is -0.430 e. The van der Waals surface area contributed by atoms with Crippen molar-refractivity contribution in [1.82, 2.24) is 0 Å². The molecule has 2 heteroatoms. The Kier molecular flexibility index (Phi) is 9.23. The molecular formula is C32H50O2. The number of allylic oxidation sites excluding steroid dienone is 2. The summed E-state index contributed by atoms with van der Waals surface area (Å²) in [5.41, 5.74) is 0.637. The number of esters is 1. The predicted molar refractivity (Wildman–Crippen MR) is 141 cm³/mol. The molecule has 0 aromatic heterocycles. The average molecular weight is 467 g/mol. The maximum absolute atomic E-state index is 12.8. The predicted octanol–water partition coefficient (Wildman–Crippen LogP) is 8.85. The van der Waals surface area contributed by atoms with Crippen LogP contribution < -0.4 is 0 Å². The van der Waals surface area contributed by atoms with Gasteiger partial charge in [0.05, 0.1) is 0 Å². The molecule has 4 aliphatic rings. The van der Waals surface area contributed by atoms with Crippen LogP contribution in [0.1, 0.15) is 129 Å². The zero-order chi connectivity index (χ0) is 24.0. The van der Waals surface area contributed by atoms with E-state index in [-0.39, 0.29) is 11.9 Å². The highest BCUT2D eigenvalue weighted by atomic mass is 16.5. The summed E-state index contributed by atoms with van der Waals surface area (Å²) in [6, 6.07) is 0. The lowest BCUT2D eigenvalue weighted by Crippen LogP contribution is -2.46. The van der Waals surface area contributed by atoms with Crippen molar-refractivity contribution < 1.29 is 9.53 Å². The zero-order valence-electron chi connectivity index (χ0n) is 22.2. The lowest BCUT2D eigenvalue weighted by Gasteiger charge is -2.54. The molecule has 3 fully saturated rings. The van der Waals surface area contributed by atoms with E-state index >= 15 is 0 Å². The molecule has 7 atom stereocenters. The van der Waals surface area contributed by atoms with Gasteiger partial charge in [-0.3, -0.25) is 4.79 Å². The third-order valence-corrected chi connectivity index (χ3v) is 10.4. The highest BCUT2D eigenvalue weighted by Crippen LogP contribution is 2.62. The van der Waals surface area contributed by atoms with Crippen LogP contribution in [0.3, 0.4) is 0 Å². The fourth-order valence-corrected chi connectivity index (χ4v) is 8.49. The summed E-state index contributed by atoms with van der Waals surface area (Å²) in [5.74, 6) is 7.44. The second-order valence-electron chi connectivity index (χ2n) is 12.5. The number of fused-ring (bicyclic) bond motifs is 5. The van der Waals surface area contributed by atoms with Gasteiger partial charge in [0.1, 0.15) is 11.7 Å². The number of ether oxygens (including phenoxy) is 1. The van der Waals surface area contributed by atoms with E-state index in [1.807, 2.05) is 0 Å². The molecule has 0 amide bonds. The van der Waals surface area contributed by atoms with Crippen molar-refractivity contribution in [3.63, 3.8) is 0 Å². The number of rotatable bonds is 11. The number of hydrogen-bond acceptors (Lipinski definition) is 2. The number of terminal acetylenes is 1. The average Bonchev–Trinajstić information content (AvgIpc) is 3.24. The Bertz CT molecular complexity index is 745. The van der Waals surface area contributed by atoms with Gasteiger partial charge in [-0.15, -0.1) is 6.42 Å². The molecule has 2 nitrogen and oxygen atoms in total. The minimum absolute atomic E-state index is 0.178. The molecule has 0 aliphatic heterocycles. The van der Waals surface area contributed by atoms with Crippen molar-refractivity contribution in [1.29, 1.82) is 0 Å². The fourth-order valence-electron chi connectivity index (χ4n) is 8.49. The molecule has 3 saturated carbocycles. The topological polar surface area (TPSA) is 26.3 Å². The molecule has 4 aliphatic carbocycles. The van der Waals surface area contributed by atoms with Crippen molar-refractivity contribution in [3.8, 4) is 12.3 Å². The summed E-state index contributed by atoms with van der Waals surface area (Å²) in [6.07, 6.45) is 30.9. The molecule has 2 unspecified atom stereocenters. The maximum Gasteiger partial charge on any atom is 0.326 e. The molecule has 0 heterocycles. The van der Waals surface area contributed by atoms with Gasteiger partial charge < -0.3 is 4.74 Å². The van der Waals surface area contributed by atoms with E-state index in [1.165, 1.54) is 89.9 Å². The summed E-state index contributed by atoms with van der Waals surface area (Å²) < 4.78 is 5.92. The number of carbonyl (C=O) groups is 1. The highest BCUT2D eigenvalue weighted by molar-refractivity contribution is 5.76. The SMILES string of the molecule is C#CC(CCCCCCCCCC)C(=O)OC1=CC[C@H]2C(CC[C@@H]3[C@@H]2CC[C@]2(C)CCC[C@@H]32)C1. The molecule has 190 valence electrons. The van der Waals surface area contributed by atoms with Gasteiger partial charge in [-0.2, -0.15) is 0 Å². The summed E-state index contributed by atoms with van der Waals surface area (Å²) in [4.78, 5) is 12.8. The molecule has 0 bridgehead atoms. The van der Waals surface area contributed by atoms with Crippen LogP contribution in [0, 0.1) is 53.3 Å². The first-order valence-corrected chi connectivity index (χ1v) is 14.9. The van der Waals surface area contributed by atoms with Crippen LogP contribution in [0.25, 0.3) is 0 Å². The van der Waals surface area contributed by atoms with Crippen molar-refractivity contribution in [2.45, 2.75) is 129 Å². The molecule has 0 N–H and O–H groups in total. The van der Waals surface area contributed by atoms with Gasteiger partial charge in [-0.1, -0.05) is 77.6 Å². The largest absolute Gasteiger partial charge is 0.430 e. The number of hydrogen-bond donors (Lipinski definition) is 0. The van der Waals surface area contributed by atoms with Crippen molar-refractivity contribution >= 4 is 5.97 Å². The molecule has 0 aromatic rings. The summed E-state index contributed by atoms with van der Waals surface area (Å²) in [6.45, 7) is 4.84. The molecule has 0 radical (unpaired) electrons. The van der Waals surface area contributed by atoms with Crippen LogP contribution in [0.2, 0.25) is 0 Å². The van der Waals surface area contributed by atoms with Crippen LogP contribution >= 0.6 is 0 Å². The van der Waals surface area contributed by atoms with Crippen molar-refractivity contribution in [2.24, 2.45) is 40.9 Å². The van der Waals surface area contributed by atoms with E-state index in [1.54, 1.807) is 0 Å². The van der Waals surface area contributed by atoms with Crippen molar-refractivity contribution in [3.05, 3.63) is 11.8 Å². The second-order valence-corrected chi connectivity index (χ2v) is 12.5. The lowest BCUT2D eigenvalue weighted by atomic mass is 9.51. The first kappa shape index (κ1) is 25.9. The first-order chi connectivity index (χ1) is 16.6. The van der Waals surface area contributed by atoms with Crippen LogP contribution in [0.5, 0.6) is 0 Å². The standard InChI is InChI=1S/C32H50O2/c1-4-6-7-8-9-10-11-12-14-24(5-2)31(33)34-26-17-19-27-25(23-26)16-18-29-28(27)20-22-32(3)21-13-15-30(29)32/h2,17,24-25,27-30H,4,6-16,18-23H2,1,3H3/t24?,25?,27-,28+,29+,30-,32-/m0/s1. The summed E-state index contributed by atoms with van der Waals surface area (Å²) >= 11 is 0. The summed E-state index contributed by atoms with van der Waals surface area (Å²) in [5, 5.41) is 0. The van der Waals surface area contributed by atoms with Crippen LogP contribution in [-0.4, -0.2) is 5.97 Å². The zero-order valence-corrected chi connectivity index (χ0v) is 22.2. The van der Waals surface area contributed by atoms with Gasteiger partial charge in [-0.05, 0) is 92.4 Å². The van der Waals surface area contributed by atoms with E-state index in [9.17, 15) is 4.79 Å². The molecule has 0 aromatic carbocycles. The van der Waals surface area contributed by atoms with E-state index in [2.05, 4.69) is 25.8 Å². The molecule has 4 rings (SSSR count). The van der Waals surface area contributed by atoms with Gasteiger partial charge in [0.25, 0.3) is 0 Å². The Hall–Kier alpha value is -1.23. The Balaban J connectivity index is 1.22. The minimum atomic E-state index is -0.382. The summed E-state index contributed by atoms with van der Waals surface area (Å²) in [7, 11) is 0. The Morgan fingerprint density at radius 3 is 2.56 bits per heavy atom. The number of unbranched alkanes of at least 4 members (excludes halogenated alkanes) is 7. The molecule has 34 heavy (non-hydrogen) atoms. The van der Waals surface area contributed by atoms with Gasteiger partial charge in [0.2, 0.25) is 0 Å². The van der Waals surface area contributed by atoms with E-state index < -0.39 is 0 Å². The fraction of sp³-hybridized carbons (Fsp3) is 0.844. The molecular weight excluding hydrogens is 416 g/mol. The third-order valence-electron chi connectivity index (χ3n) is 10.4.